The Balaban J connectivity index is 0.00000200. The molecule has 0 spiro atoms. The summed E-state index contributed by atoms with van der Waals surface area (Å²) in [5, 5.41) is 3.18. The van der Waals surface area contributed by atoms with E-state index in [4.69, 9.17) is 5.73 Å². The first kappa shape index (κ1) is 17.0. The molecule has 4 heteroatoms. The van der Waals surface area contributed by atoms with Crippen molar-refractivity contribution in [3.63, 3.8) is 0 Å². The fourth-order valence-corrected chi connectivity index (χ4v) is 2.70. The molecule has 3 N–H and O–H groups in total. The normalized spacial score (nSPS) is 20.9. The van der Waals surface area contributed by atoms with Gasteiger partial charge in [0.1, 0.15) is 0 Å². The molecule has 0 saturated heterocycles. The number of benzene rings is 1. The maximum absolute atomic E-state index is 12.4. The van der Waals surface area contributed by atoms with Crippen molar-refractivity contribution in [1.29, 1.82) is 0 Å². The summed E-state index contributed by atoms with van der Waals surface area (Å²) in [6.45, 7) is 4.50. The summed E-state index contributed by atoms with van der Waals surface area (Å²) in [6, 6.07) is 10.7. The Morgan fingerprint density at radius 3 is 2.40 bits per heavy atom. The Hall–Kier alpha value is -1.06. The van der Waals surface area contributed by atoms with Crippen LogP contribution in [-0.4, -0.2) is 18.5 Å². The molecule has 1 aliphatic rings. The maximum Gasteiger partial charge on any atom is 0.227 e. The van der Waals surface area contributed by atoms with Crippen LogP contribution in [0.1, 0.15) is 44.6 Å². The van der Waals surface area contributed by atoms with E-state index in [1.54, 1.807) is 0 Å². The molecule has 1 saturated carbocycles. The molecule has 0 aliphatic heterocycles. The number of rotatable bonds is 6. The highest BCUT2D eigenvalue weighted by Gasteiger charge is 2.43. The molecule has 2 rings (SSSR count). The minimum atomic E-state index is -0.385. The number of amides is 1. The second-order valence-corrected chi connectivity index (χ2v) is 5.52. The van der Waals surface area contributed by atoms with Gasteiger partial charge in [0.25, 0.3) is 0 Å². The van der Waals surface area contributed by atoms with Gasteiger partial charge in [-0.15, -0.1) is 12.4 Å². The van der Waals surface area contributed by atoms with E-state index in [-0.39, 0.29) is 23.7 Å². The van der Waals surface area contributed by atoms with Gasteiger partial charge in [-0.3, -0.25) is 4.79 Å². The molecule has 20 heavy (non-hydrogen) atoms. The molecule has 112 valence electrons. The average molecular weight is 297 g/mol. The quantitative estimate of drug-likeness (QED) is 0.848. The molecule has 1 amide bonds. The van der Waals surface area contributed by atoms with Crippen LogP contribution in [0, 0.1) is 5.41 Å². The molecule has 2 atom stereocenters. The van der Waals surface area contributed by atoms with Crippen molar-refractivity contribution in [2.24, 2.45) is 11.1 Å². The highest BCUT2D eigenvalue weighted by Crippen LogP contribution is 2.41. The van der Waals surface area contributed by atoms with Gasteiger partial charge in [-0.25, -0.2) is 0 Å². The lowest BCUT2D eigenvalue weighted by Crippen LogP contribution is -2.46. The van der Waals surface area contributed by atoms with Crippen molar-refractivity contribution >= 4 is 18.3 Å². The van der Waals surface area contributed by atoms with Gasteiger partial charge in [-0.1, -0.05) is 44.2 Å². The van der Waals surface area contributed by atoms with E-state index in [9.17, 15) is 4.79 Å². The Labute approximate surface area is 127 Å². The van der Waals surface area contributed by atoms with Crippen molar-refractivity contribution in [2.45, 2.75) is 45.1 Å². The summed E-state index contributed by atoms with van der Waals surface area (Å²) < 4.78 is 0. The SMILES string of the molecule is CCC(CC)(CN)C(=O)NC1CC1c1ccccc1.Cl. The van der Waals surface area contributed by atoms with Crippen molar-refractivity contribution in [3.8, 4) is 0 Å². The summed E-state index contributed by atoms with van der Waals surface area (Å²) in [5.41, 5.74) is 6.74. The van der Waals surface area contributed by atoms with Crippen LogP contribution in [0.5, 0.6) is 0 Å². The summed E-state index contributed by atoms with van der Waals surface area (Å²) >= 11 is 0. The van der Waals surface area contributed by atoms with E-state index in [0.29, 0.717) is 18.5 Å². The van der Waals surface area contributed by atoms with Crippen LogP contribution in [0.25, 0.3) is 0 Å². The van der Waals surface area contributed by atoms with Crippen LogP contribution in [0.2, 0.25) is 0 Å². The van der Waals surface area contributed by atoms with E-state index in [1.807, 2.05) is 19.9 Å². The molecule has 0 heterocycles. The molecule has 1 aliphatic carbocycles. The molecule has 0 bridgehead atoms. The standard InChI is InChI=1S/C16H24N2O.ClH/c1-3-16(4-2,11-17)15(19)18-14-10-13(14)12-8-6-5-7-9-12;/h5-9,13-14H,3-4,10-11,17H2,1-2H3,(H,18,19);1H. The lowest BCUT2D eigenvalue weighted by molar-refractivity contribution is -0.131. The average Bonchev–Trinajstić information content (AvgIpc) is 3.22. The summed E-state index contributed by atoms with van der Waals surface area (Å²) in [6.07, 6.45) is 2.65. The Kier molecular flexibility index (Phi) is 6.03. The highest BCUT2D eigenvalue weighted by atomic mass is 35.5. The van der Waals surface area contributed by atoms with E-state index in [1.165, 1.54) is 5.56 Å². The number of carbonyl (C=O) groups is 1. The largest absolute Gasteiger partial charge is 0.352 e. The van der Waals surface area contributed by atoms with Crippen LogP contribution in [-0.2, 0) is 4.79 Å². The van der Waals surface area contributed by atoms with Gasteiger partial charge in [0.2, 0.25) is 5.91 Å². The van der Waals surface area contributed by atoms with Crippen LogP contribution in [0.4, 0.5) is 0 Å². The number of carbonyl (C=O) groups excluding carboxylic acids is 1. The van der Waals surface area contributed by atoms with Gasteiger partial charge in [-0.2, -0.15) is 0 Å². The lowest BCUT2D eigenvalue weighted by Gasteiger charge is -2.28. The second kappa shape index (κ2) is 7.09. The topological polar surface area (TPSA) is 55.1 Å². The number of hydrogen-bond donors (Lipinski definition) is 2. The monoisotopic (exact) mass is 296 g/mol. The van der Waals surface area contributed by atoms with Crippen LogP contribution in [0.3, 0.4) is 0 Å². The Morgan fingerprint density at radius 1 is 1.30 bits per heavy atom. The van der Waals surface area contributed by atoms with Gasteiger partial charge >= 0.3 is 0 Å². The molecule has 3 nitrogen and oxygen atoms in total. The molecule has 1 fully saturated rings. The summed E-state index contributed by atoms with van der Waals surface area (Å²) in [7, 11) is 0. The summed E-state index contributed by atoms with van der Waals surface area (Å²) in [4.78, 5) is 12.4. The van der Waals surface area contributed by atoms with Crippen LogP contribution < -0.4 is 11.1 Å². The first-order valence-electron chi connectivity index (χ1n) is 7.23. The van der Waals surface area contributed by atoms with E-state index in [0.717, 1.165) is 19.3 Å². The predicted molar refractivity (Wildman–Crippen MR) is 85.0 cm³/mol. The molecular formula is C16H25ClN2O. The third-order valence-electron chi connectivity index (χ3n) is 4.56. The van der Waals surface area contributed by atoms with E-state index < -0.39 is 0 Å². The maximum atomic E-state index is 12.4. The van der Waals surface area contributed by atoms with E-state index >= 15 is 0 Å². The third-order valence-corrected chi connectivity index (χ3v) is 4.56. The number of hydrogen-bond acceptors (Lipinski definition) is 2. The van der Waals surface area contributed by atoms with Gasteiger partial charge < -0.3 is 11.1 Å². The zero-order valence-electron chi connectivity index (χ0n) is 12.3. The Morgan fingerprint density at radius 2 is 1.90 bits per heavy atom. The van der Waals surface area contributed by atoms with Crippen molar-refractivity contribution < 1.29 is 4.79 Å². The zero-order chi connectivity index (χ0) is 13.9. The van der Waals surface area contributed by atoms with E-state index in [2.05, 4.69) is 29.6 Å². The van der Waals surface area contributed by atoms with Gasteiger partial charge in [-0.05, 0) is 24.8 Å². The first-order valence-corrected chi connectivity index (χ1v) is 7.23. The Bertz CT molecular complexity index is 423. The van der Waals surface area contributed by atoms with Crippen molar-refractivity contribution in [2.75, 3.05) is 6.54 Å². The van der Waals surface area contributed by atoms with Gasteiger partial charge in [0.05, 0.1) is 5.41 Å². The highest BCUT2D eigenvalue weighted by molar-refractivity contribution is 5.85. The predicted octanol–water partition coefficient (Wildman–Crippen LogP) is 2.85. The minimum Gasteiger partial charge on any atom is -0.352 e. The number of nitrogens with one attached hydrogen (secondary N) is 1. The third kappa shape index (κ3) is 3.33. The second-order valence-electron chi connectivity index (χ2n) is 5.52. The molecule has 0 aromatic heterocycles. The molecule has 0 radical (unpaired) electrons. The molecule has 2 unspecified atom stereocenters. The molecule has 1 aromatic carbocycles. The minimum absolute atomic E-state index is 0. The smallest absolute Gasteiger partial charge is 0.227 e. The van der Waals surface area contributed by atoms with Crippen molar-refractivity contribution in [1.82, 2.24) is 5.32 Å². The van der Waals surface area contributed by atoms with Gasteiger partial charge in [0, 0.05) is 18.5 Å². The van der Waals surface area contributed by atoms with Crippen molar-refractivity contribution in [3.05, 3.63) is 35.9 Å². The zero-order valence-corrected chi connectivity index (χ0v) is 13.1. The fourth-order valence-electron chi connectivity index (χ4n) is 2.70. The van der Waals surface area contributed by atoms with Crippen LogP contribution in [0.15, 0.2) is 30.3 Å². The summed E-state index contributed by atoms with van der Waals surface area (Å²) in [5.74, 6) is 0.609. The molecular weight excluding hydrogens is 272 g/mol. The van der Waals surface area contributed by atoms with Crippen LogP contribution >= 0.6 is 12.4 Å². The fraction of sp³-hybridized carbons (Fsp3) is 0.562. The van der Waals surface area contributed by atoms with Gasteiger partial charge in [0.15, 0.2) is 0 Å². The lowest BCUT2D eigenvalue weighted by atomic mass is 9.81. The first-order chi connectivity index (χ1) is 9.16. The number of nitrogens with two attached hydrogens (primary N) is 1. The number of halogens is 1. The molecule has 1 aromatic rings.